The molecule has 0 fully saturated rings. The van der Waals surface area contributed by atoms with Gasteiger partial charge >= 0.3 is 0 Å². The van der Waals surface area contributed by atoms with E-state index in [9.17, 15) is 9.90 Å². The van der Waals surface area contributed by atoms with Crippen LogP contribution >= 0.6 is 0 Å². The van der Waals surface area contributed by atoms with E-state index in [1.807, 2.05) is 76.2 Å². The fraction of sp³-hybridized carbons (Fsp3) is 0.343. The van der Waals surface area contributed by atoms with Crippen LogP contribution in [0.15, 0.2) is 92.2 Å². The Hall–Kier alpha value is -3.79. The smallest absolute Gasteiger partial charge is 0.236 e. The van der Waals surface area contributed by atoms with Crippen molar-refractivity contribution in [3.05, 3.63) is 109 Å². The maximum absolute atomic E-state index is 13.8. The predicted octanol–water partition coefficient (Wildman–Crippen LogP) is 8.63. The highest BCUT2D eigenvalue weighted by Crippen LogP contribution is 2.31. The third-order valence-corrected chi connectivity index (χ3v) is 6.76. The molecule has 0 bridgehead atoms. The Morgan fingerprint density at radius 2 is 1.49 bits per heavy atom. The van der Waals surface area contributed by atoms with Gasteiger partial charge in [0, 0.05) is 18.8 Å². The summed E-state index contributed by atoms with van der Waals surface area (Å²) in [6.45, 7) is 22.9. The number of aromatic hydroxyl groups is 1. The van der Waals surface area contributed by atoms with Gasteiger partial charge in [0.15, 0.2) is 0 Å². The summed E-state index contributed by atoms with van der Waals surface area (Å²) in [7, 11) is 0. The zero-order chi connectivity index (χ0) is 29.0. The maximum atomic E-state index is 13.8. The molecule has 1 N–H and O–H groups in total. The van der Waals surface area contributed by atoms with Crippen LogP contribution in [0.1, 0.15) is 71.1 Å². The summed E-state index contributed by atoms with van der Waals surface area (Å²) in [4.78, 5) is 17.8. The number of rotatable bonds is 12. The van der Waals surface area contributed by atoms with Gasteiger partial charge in [-0.05, 0) is 78.9 Å². The average Bonchev–Trinajstić information content (AvgIpc) is 2.96. The Balaban J connectivity index is 0.00000260. The number of carbonyl (C=O) groups is 1. The third-order valence-electron chi connectivity index (χ3n) is 6.76. The topological polar surface area (TPSA) is 43.8 Å². The van der Waals surface area contributed by atoms with Gasteiger partial charge in [-0.25, -0.2) is 0 Å². The number of nitrogens with zero attached hydrogens (tertiary/aromatic N) is 2. The lowest BCUT2D eigenvalue weighted by molar-refractivity contribution is -0.134. The van der Waals surface area contributed by atoms with Crippen LogP contribution in [0.2, 0.25) is 0 Å². The van der Waals surface area contributed by atoms with Crippen LogP contribution in [0.4, 0.5) is 0 Å². The van der Waals surface area contributed by atoms with Crippen molar-refractivity contribution in [1.82, 2.24) is 9.80 Å². The lowest BCUT2D eigenvalue weighted by atomic mass is 9.82. The number of hydrogen-bond donors (Lipinski definition) is 1. The monoisotopic (exact) mass is 526 g/mol. The minimum Gasteiger partial charge on any atom is -0.508 e. The standard InChI is InChI=1S/C33H40N2O2.C2H6/c1-7-19-35(20-8-2)25(4)27-14-10-13-26(21-27)24-34(9-3)32(37)33(5,6)30-17-11-15-28(22-30)29-16-12-18-31(36)23-29;1-2/h9-18,21-23,36H,3-4,7-8,19-20,24H2,1-2,5-6H3;1-2H3. The van der Waals surface area contributed by atoms with E-state index >= 15 is 0 Å². The van der Waals surface area contributed by atoms with Crippen LogP contribution in [-0.2, 0) is 16.8 Å². The summed E-state index contributed by atoms with van der Waals surface area (Å²) in [5, 5.41) is 9.89. The maximum Gasteiger partial charge on any atom is 0.236 e. The molecule has 208 valence electrons. The number of benzene rings is 3. The summed E-state index contributed by atoms with van der Waals surface area (Å²) < 4.78 is 0. The normalized spacial score (nSPS) is 10.7. The Morgan fingerprint density at radius 1 is 0.897 bits per heavy atom. The molecule has 4 nitrogen and oxygen atoms in total. The lowest BCUT2D eigenvalue weighted by Crippen LogP contribution is -2.40. The molecule has 0 saturated carbocycles. The van der Waals surface area contributed by atoms with Crippen molar-refractivity contribution < 1.29 is 9.90 Å². The van der Waals surface area contributed by atoms with Gasteiger partial charge in [0.1, 0.15) is 5.75 Å². The molecule has 0 atom stereocenters. The van der Waals surface area contributed by atoms with E-state index in [1.54, 1.807) is 23.2 Å². The minimum atomic E-state index is -0.777. The van der Waals surface area contributed by atoms with Gasteiger partial charge in [-0.1, -0.05) is 95.5 Å². The van der Waals surface area contributed by atoms with E-state index in [0.717, 1.165) is 59.4 Å². The zero-order valence-electron chi connectivity index (χ0n) is 24.7. The third kappa shape index (κ3) is 8.10. The second-order valence-electron chi connectivity index (χ2n) is 10.0. The molecule has 39 heavy (non-hydrogen) atoms. The predicted molar refractivity (Wildman–Crippen MR) is 166 cm³/mol. The molecule has 0 aliphatic carbocycles. The molecule has 0 heterocycles. The Labute approximate surface area is 236 Å². The van der Waals surface area contributed by atoms with E-state index in [4.69, 9.17) is 0 Å². The summed E-state index contributed by atoms with van der Waals surface area (Å²) in [6, 6.07) is 23.4. The largest absolute Gasteiger partial charge is 0.508 e. The van der Waals surface area contributed by atoms with E-state index in [-0.39, 0.29) is 11.7 Å². The fourth-order valence-electron chi connectivity index (χ4n) is 4.62. The highest BCUT2D eigenvalue weighted by atomic mass is 16.3. The van der Waals surface area contributed by atoms with Crippen LogP contribution in [0.25, 0.3) is 16.8 Å². The van der Waals surface area contributed by atoms with Crippen LogP contribution in [0, 0.1) is 0 Å². The van der Waals surface area contributed by atoms with Crippen molar-refractivity contribution in [3.8, 4) is 16.9 Å². The van der Waals surface area contributed by atoms with Crippen LogP contribution in [-0.4, -0.2) is 33.9 Å². The molecule has 3 aromatic carbocycles. The Bertz CT molecular complexity index is 1240. The highest BCUT2D eigenvalue weighted by Gasteiger charge is 2.33. The Kier molecular flexibility index (Phi) is 12.1. The first kappa shape index (κ1) is 31.4. The fourth-order valence-corrected chi connectivity index (χ4v) is 4.62. The second-order valence-corrected chi connectivity index (χ2v) is 10.0. The lowest BCUT2D eigenvalue weighted by Gasteiger charge is -2.31. The van der Waals surface area contributed by atoms with Gasteiger partial charge in [-0.2, -0.15) is 0 Å². The zero-order valence-corrected chi connectivity index (χ0v) is 24.7. The molecular weight excluding hydrogens is 480 g/mol. The van der Waals surface area contributed by atoms with Crippen LogP contribution in [0.3, 0.4) is 0 Å². The quantitative estimate of drug-likeness (QED) is 0.257. The molecular formula is C35H46N2O2. The number of hydrogen-bond acceptors (Lipinski definition) is 3. The van der Waals surface area contributed by atoms with Gasteiger partial charge in [-0.3, -0.25) is 4.79 Å². The van der Waals surface area contributed by atoms with Crippen LogP contribution < -0.4 is 0 Å². The molecule has 0 radical (unpaired) electrons. The van der Waals surface area contributed by atoms with E-state index < -0.39 is 5.41 Å². The molecule has 4 heteroatoms. The van der Waals surface area contributed by atoms with Crippen LogP contribution in [0.5, 0.6) is 5.75 Å². The number of phenols is 1. The molecule has 0 unspecified atom stereocenters. The van der Waals surface area contributed by atoms with Gasteiger partial charge in [0.25, 0.3) is 0 Å². The molecule has 0 aliphatic rings. The molecule has 3 rings (SSSR count). The summed E-state index contributed by atoms with van der Waals surface area (Å²) in [6.07, 6.45) is 3.75. The van der Waals surface area contributed by atoms with E-state index in [2.05, 4.69) is 44.0 Å². The van der Waals surface area contributed by atoms with Crippen molar-refractivity contribution in [2.24, 2.45) is 0 Å². The first-order valence-electron chi connectivity index (χ1n) is 14.1. The summed E-state index contributed by atoms with van der Waals surface area (Å²) in [5.74, 6) is 0.187. The van der Waals surface area contributed by atoms with Gasteiger partial charge in [-0.15, -0.1) is 0 Å². The highest BCUT2D eigenvalue weighted by molar-refractivity contribution is 5.88. The molecule has 0 spiro atoms. The minimum absolute atomic E-state index is 0.0293. The second kappa shape index (κ2) is 15.0. The van der Waals surface area contributed by atoms with Crippen molar-refractivity contribution in [2.45, 2.75) is 66.3 Å². The van der Waals surface area contributed by atoms with Crippen molar-refractivity contribution in [1.29, 1.82) is 0 Å². The van der Waals surface area contributed by atoms with Crippen molar-refractivity contribution in [3.63, 3.8) is 0 Å². The number of amides is 1. The SMILES string of the molecule is C=CN(Cc1cccc(C(=C)N(CCC)CCC)c1)C(=O)C(C)(C)c1cccc(-c2cccc(O)c2)c1.CC. The van der Waals surface area contributed by atoms with E-state index in [1.165, 1.54) is 0 Å². The first-order chi connectivity index (χ1) is 18.7. The Morgan fingerprint density at radius 3 is 2.08 bits per heavy atom. The molecule has 0 aromatic heterocycles. The van der Waals surface area contributed by atoms with Crippen molar-refractivity contribution >= 4 is 11.6 Å². The molecule has 1 amide bonds. The number of carbonyl (C=O) groups excluding carboxylic acids is 1. The number of phenolic OH excluding ortho intramolecular Hbond substituents is 1. The average molecular weight is 527 g/mol. The van der Waals surface area contributed by atoms with Gasteiger partial charge < -0.3 is 14.9 Å². The summed E-state index contributed by atoms with van der Waals surface area (Å²) >= 11 is 0. The van der Waals surface area contributed by atoms with Crippen molar-refractivity contribution in [2.75, 3.05) is 13.1 Å². The van der Waals surface area contributed by atoms with Gasteiger partial charge in [0.05, 0.1) is 12.0 Å². The summed E-state index contributed by atoms with van der Waals surface area (Å²) in [5.41, 5.74) is 5.12. The molecule has 0 saturated heterocycles. The molecule has 0 aliphatic heterocycles. The van der Waals surface area contributed by atoms with E-state index in [0.29, 0.717) is 6.54 Å². The molecule has 3 aromatic rings. The first-order valence-corrected chi connectivity index (χ1v) is 14.1. The van der Waals surface area contributed by atoms with Gasteiger partial charge in [0.2, 0.25) is 5.91 Å².